The Morgan fingerprint density at radius 1 is 1.30 bits per heavy atom. The van der Waals surface area contributed by atoms with E-state index in [0.29, 0.717) is 6.54 Å². The molecule has 1 aromatic rings. The number of benzene rings is 1. The molecule has 0 saturated heterocycles. The molecule has 0 amide bonds. The van der Waals surface area contributed by atoms with Crippen molar-refractivity contribution in [3.05, 3.63) is 48.7 Å². The zero-order valence-electron chi connectivity index (χ0n) is 5.88. The molecule has 2 N–H and O–H groups in total. The Morgan fingerprint density at radius 3 is 2.40 bits per heavy atom. The minimum atomic E-state index is 0.594. The zero-order chi connectivity index (χ0) is 7.40. The quantitative estimate of drug-likeness (QED) is 0.648. The minimum Gasteiger partial charge on any atom is -0.330 e. The maximum Gasteiger partial charge on any atom is 0.00420 e. The molecule has 1 heteroatoms. The summed E-state index contributed by atoms with van der Waals surface area (Å²) >= 11 is 0. The topological polar surface area (TPSA) is 26.0 Å². The fourth-order valence-corrected chi connectivity index (χ4v) is 0.790. The van der Waals surface area contributed by atoms with Gasteiger partial charge in [-0.15, -0.1) is 0 Å². The van der Waals surface area contributed by atoms with Gasteiger partial charge < -0.3 is 5.73 Å². The van der Waals surface area contributed by atoms with Crippen LogP contribution in [0.4, 0.5) is 0 Å². The fourth-order valence-electron chi connectivity index (χ4n) is 0.790. The summed E-state index contributed by atoms with van der Waals surface area (Å²) < 4.78 is 0. The average molecular weight is 133 g/mol. The van der Waals surface area contributed by atoms with Gasteiger partial charge in [0.25, 0.3) is 0 Å². The van der Waals surface area contributed by atoms with E-state index in [1.54, 1.807) is 0 Å². The Hall–Kier alpha value is -0.820. The third kappa shape index (κ3) is 1.85. The number of hydrogen-bond donors (Lipinski definition) is 1. The number of nitrogens with two attached hydrogens (primary N) is 1. The van der Waals surface area contributed by atoms with Crippen LogP contribution in [-0.2, 0) is 0 Å². The van der Waals surface area contributed by atoms with Crippen LogP contribution in [-0.4, -0.2) is 6.54 Å². The lowest BCUT2D eigenvalue weighted by Gasteiger charge is -1.96. The molecule has 0 aliphatic heterocycles. The largest absolute Gasteiger partial charge is 0.330 e. The first-order valence-electron chi connectivity index (χ1n) is 3.28. The van der Waals surface area contributed by atoms with E-state index in [1.165, 1.54) is 0 Å². The maximum absolute atomic E-state index is 5.33. The minimum absolute atomic E-state index is 0.594. The van der Waals surface area contributed by atoms with Crippen molar-refractivity contribution < 1.29 is 0 Å². The summed E-state index contributed by atoms with van der Waals surface area (Å²) in [6.45, 7) is 4.37. The van der Waals surface area contributed by atoms with Crippen LogP contribution in [0.3, 0.4) is 0 Å². The van der Waals surface area contributed by atoms with Crippen LogP contribution in [0, 0.1) is 13.3 Å². The highest BCUT2D eigenvalue weighted by atomic mass is 14.5. The first-order chi connectivity index (χ1) is 4.83. The third-order valence-corrected chi connectivity index (χ3v) is 1.33. The van der Waals surface area contributed by atoms with Crippen LogP contribution < -0.4 is 5.73 Å². The van der Waals surface area contributed by atoms with Gasteiger partial charge in [0, 0.05) is 6.42 Å². The van der Waals surface area contributed by atoms with Crippen LogP contribution in [0.5, 0.6) is 0 Å². The Bertz CT molecular complexity index is 188. The SMILES string of the molecule is [CH2]c1ccc([CH]CN)cc1. The summed E-state index contributed by atoms with van der Waals surface area (Å²) in [6, 6.07) is 7.97. The number of rotatable bonds is 2. The third-order valence-electron chi connectivity index (χ3n) is 1.33. The molecule has 2 radical (unpaired) electrons. The van der Waals surface area contributed by atoms with Gasteiger partial charge in [0.2, 0.25) is 0 Å². The average Bonchev–Trinajstić information content (AvgIpc) is 1.95. The molecule has 1 nitrogen and oxygen atoms in total. The van der Waals surface area contributed by atoms with E-state index in [1.807, 2.05) is 30.7 Å². The lowest BCUT2D eigenvalue weighted by Crippen LogP contribution is -1.99. The van der Waals surface area contributed by atoms with Gasteiger partial charge in [-0.1, -0.05) is 24.3 Å². The summed E-state index contributed by atoms with van der Waals surface area (Å²) in [4.78, 5) is 0. The lowest BCUT2D eigenvalue weighted by atomic mass is 10.1. The van der Waals surface area contributed by atoms with Crippen molar-refractivity contribution >= 4 is 0 Å². The van der Waals surface area contributed by atoms with Gasteiger partial charge in [0.1, 0.15) is 0 Å². The van der Waals surface area contributed by atoms with E-state index < -0.39 is 0 Å². The summed E-state index contributed by atoms with van der Waals surface area (Å²) in [7, 11) is 0. The second-order valence-electron chi connectivity index (χ2n) is 2.18. The fraction of sp³-hybridized carbons (Fsp3) is 0.111. The Balaban J connectivity index is 2.69. The first-order valence-corrected chi connectivity index (χ1v) is 3.28. The highest BCUT2D eigenvalue weighted by Crippen LogP contribution is 2.03. The van der Waals surface area contributed by atoms with Gasteiger partial charge >= 0.3 is 0 Å². The second-order valence-corrected chi connectivity index (χ2v) is 2.18. The molecule has 1 rings (SSSR count). The lowest BCUT2D eigenvalue weighted by molar-refractivity contribution is 1.16. The van der Waals surface area contributed by atoms with Crippen LogP contribution >= 0.6 is 0 Å². The molecule has 0 saturated carbocycles. The van der Waals surface area contributed by atoms with Gasteiger partial charge in [-0.25, -0.2) is 0 Å². The smallest absolute Gasteiger partial charge is 0.00420 e. The molecule has 0 atom stereocenters. The van der Waals surface area contributed by atoms with E-state index in [4.69, 9.17) is 5.73 Å². The predicted molar refractivity (Wildman–Crippen MR) is 43.4 cm³/mol. The molecule has 1 aromatic carbocycles. The van der Waals surface area contributed by atoms with Crippen molar-refractivity contribution in [3.63, 3.8) is 0 Å². The summed E-state index contributed by atoms with van der Waals surface area (Å²) in [6.07, 6.45) is 1.97. The van der Waals surface area contributed by atoms with Crippen LogP contribution in [0.2, 0.25) is 0 Å². The molecule has 0 unspecified atom stereocenters. The van der Waals surface area contributed by atoms with Crippen LogP contribution in [0.25, 0.3) is 0 Å². The van der Waals surface area contributed by atoms with Crippen molar-refractivity contribution in [2.75, 3.05) is 6.54 Å². The summed E-state index contributed by atoms with van der Waals surface area (Å²) in [5.41, 5.74) is 7.53. The zero-order valence-corrected chi connectivity index (χ0v) is 5.88. The van der Waals surface area contributed by atoms with E-state index in [-0.39, 0.29) is 0 Å². The van der Waals surface area contributed by atoms with Gasteiger partial charge in [-0.05, 0) is 24.6 Å². The van der Waals surface area contributed by atoms with Crippen LogP contribution in [0.15, 0.2) is 24.3 Å². The normalized spacial score (nSPS) is 9.80. The molecular formula is C9H11N. The van der Waals surface area contributed by atoms with Crippen LogP contribution in [0.1, 0.15) is 11.1 Å². The first kappa shape index (κ1) is 7.29. The van der Waals surface area contributed by atoms with Crippen molar-refractivity contribution in [1.82, 2.24) is 0 Å². The highest BCUT2D eigenvalue weighted by Gasteiger charge is 1.88. The number of hydrogen-bond acceptors (Lipinski definition) is 1. The summed E-state index contributed by atoms with van der Waals surface area (Å²) in [5.74, 6) is 0. The highest BCUT2D eigenvalue weighted by molar-refractivity contribution is 5.28. The van der Waals surface area contributed by atoms with E-state index in [9.17, 15) is 0 Å². The van der Waals surface area contributed by atoms with Gasteiger partial charge in [0.15, 0.2) is 0 Å². The van der Waals surface area contributed by atoms with Gasteiger partial charge in [0.05, 0.1) is 0 Å². The monoisotopic (exact) mass is 133 g/mol. The molecule has 0 aliphatic rings. The molecule has 0 heterocycles. The van der Waals surface area contributed by atoms with E-state index in [0.717, 1.165) is 11.1 Å². The standard InChI is InChI=1S/C9H11N/c1-8-2-4-9(5-3-8)6-7-10/h2-6H,1,7,10H2. The van der Waals surface area contributed by atoms with Crippen molar-refractivity contribution in [1.29, 1.82) is 0 Å². The Kier molecular flexibility index (Phi) is 2.46. The Labute approximate surface area is 61.9 Å². The van der Waals surface area contributed by atoms with Gasteiger partial charge in [-0.2, -0.15) is 0 Å². The molecule has 0 bridgehead atoms. The van der Waals surface area contributed by atoms with Crippen molar-refractivity contribution in [2.45, 2.75) is 0 Å². The van der Waals surface area contributed by atoms with Crippen molar-refractivity contribution in [2.24, 2.45) is 5.73 Å². The second kappa shape index (κ2) is 3.37. The molecule has 0 fully saturated rings. The summed E-state index contributed by atoms with van der Waals surface area (Å²) in [5, 5.41) is 0. The van der Waals surface area contributed by atoms with E-state index in [2.05, 4.69) is 6.92 Å². The molecule has 0 aliphatic carbocycles. The van der Waals surface area contributed by atoms with Gasteiger partial charge in [-0.3, -0.25) is 0 Å². The molecular weight excluding hydrogens is 122 g/mol. The molecule has 0 aromatic heterocycles. The van der Waals surface area contributed by atoms with Crippen molar-refractivity contribution in [3.8, 4) is 0 Å². The molecule has 10 heavy (non-hydrogen) atoms. The Morgan fingerprint density at radius 2 is 1.90 bits per heavy atom. The molecule has 52 valence electrons. The molecule has 0 spiro atoms. The maximum atomic E-state index is 5.33. The predicted octanol–water partition coefficient (Wildman–Crippen LogP) is 1.38. The van der Waals surface area contributed by atoms with E-state index >= 15 is 0 Å².